The third kappa shape index (κ3) is 8.99. The van der Waals surface area contributed by atoms with Gasteiger partial charge in [0.15, 0.2) is 0 Å². The molecule has 0 aliphatic carbocycles. The summed E-state index contributed by atoms with van der Waals surface area (Å²) in [6.07, 6.45) is 2.13. The van der Waals surface area contributed by atoms with Gasteiger partial charge in [0.05, 0.1) is 28.0 Å². The number of carbonyl (C=O) groups excluding carboxylic acids is 2. The Bertz CT molecular complexity index is 1990. The van der Waals surface area contributed by atoms with Gasteiger partial charge in [-0.2, -0.15) is 5.26 Å². The van der Waals surface area contributed by atoms with E-state index in [2.05, 4.69) is 16.2 Å². The third-order valence-electron chi connectivity index (χ3n) is 7.74. The van der Waals surface area contributed by atoms with Gasteiger partial charge in [0, 0.05) is 47.1 Å². The summed E-state index contributed by atoms with van der Waals surface area (Å²) in [5.41, 5.74) is 0.667. The van der Waals surface area contributed by atoms with Crippen LogP contribution in [0.25, 0.3) is 11.3 Å². The molecule has 50 heavy (non-hydrogen) atoms. The number of hydrogen-bond donors (Lipinski definition) is 1. The first-order valence-electron chi connectivity index (χ1n) is 14.7. The van der Waals surface area contributed by atoms with Gasteiger partial charge < -0.3 is 27.0 Å². The molecular formula is C34H32Cl2F2N6O5S. The van der Waals surface area contributed by atoms with E-state index in [1.54, 1.807) is 60.8 Å². The molecule has 2 aromatic heterocycles. The molecule has 0 radical (unpaired) electrons. The summed E-state index contributed by atoms with van der Waals surface area (Å²) in [5.74, 6) is -2.82. The maximum Gasteiger partial charge on any atom is 0.416 e. The molecule has 2 atom stereocenters. The first kappa shape index (κ1) is 39.5. The van der Waals surface area contributed by atoms with E-state index in [4.69, 9.17) is 14.7 Å². The summed E-state index contributed by atoms with van der Waals surface area (Å²) in [7, 11) is 1.52. The monoisotopic (exact) mass is 744 g/mol. The highest BCUT2D eigenvalue weighted by atomic mass is 35.5. The van der Waals surface area contributed by atoms with Crippen LogP contribution < -0.4 is 21.9 Å². The van der Waals surface area contributed by atoms with Crippen molar-refractivity contribution < 1.29 is 49.9 Å². The molecule has 3 aromatic carbocycles. The van der Waals surface area contributed by atoms with Crippen molar-refractivity contribution in [2.24, 2.45) is 0 Å². The van der Waals surface area contributed by atoms with Crippen LogP contribution in [0.4, 0.5) is 19.3 Å². The number of benzene rings is 3. The summed E-state index contributed by atoms with van der Waals surface area (Å²) in [4.78, 5) is 30.1. The van der Waals surface area contributed by atoms with Crippen LogP contribution in [-0.4, -0.2) is 39.0 Å². The van der Waals surface area contributed by atoms with E-state index in [-0.39, 0.29) is 50.3 Å². The van der Waals surface area contributed by atoms with Gasteiger partial charge in [0.2, 0.25) is 13.1 Å². The van der Waals surface area contributed by atoms with Crippen molar-refractivity contribution in [1.29, 1.82) is 5.26 Å². The number of amides is 1. The number of ether oxygens (including phenoxy) is 2. The number of thiazole rings is 1. The molecule has 16 heteroatoms. The van der Waals surface area contributed by atoms with Gasteiger partial charge in [-0.05, 0) is 36.4 Å². The number of carbonyl (C=O) groups is 2. The Balaban J connectivity index is 0.00000338. The van der Waals surface area contributed by atoms with Crippen LogP contribution in [0.15, 0.2) is 84.8 Å². The maximum absolute atomic E-state index is 15.2. The minimum atomic E-state index is -2.02. The van der Waals surface area contributed by atoms with E-state index in [0.717, 1.165) is 23.8 Å². The smallest absolute Gasteiger partial charge is 0.416 e. The number of aromatic nitrogens is 4. The lowest BCUT2D eigenvalue weighted by Crippen LogP contribution is -3.00. The average molecular weight is 746 g/mol. The highest BCUT2D eigenvalue weighted by molar-refractivity contribution is 7.10. The first-order chi connectivity index (χ1) is 23.0. The van der Waals surface area contributed by atoms with Crippen molar-refractivity contribution >= 4 is 41.5 Å². The zero-order valence-electron chi connectivity index (χ0n) is 27.0. The molecule has 1 amide bonds. The zero-order valence-corrected chi connectivity index (χ0v) is 29.4. The van der Waals surface area contributed by atoms with Crippen LogP contribution >= 0.6 is 23.7 Å². The molecule has 0 aliphatic rings. The molecule has 5 rings (SSSR count). The molecule has 11 nitrogen and oxygen atoms in total. The van der Waals surface area contributed by atoms with Crippen molar-refractivity contribution in [1.82, 2.24) is 14.8 Å². The summed E-state index contributed by atoms with van der Waals surface area (Å²) in [5, 5.41) is 27.8. The molecule has 0 bridgehead atoms. The lowest BCUT2D eigenvalue weighted by Gasteiger charge is -2.32. The molecule has 5 aromatic rings. The fraction of sp³-hybridized carbons (Fsp3) is 0.235. The lowest BCUT2D eigenvalue weighted by molar-refractivity contribution is -0.727. The molecule has 0 saturated heterocycles. The van der Waals surface area contributed by atoms with Gasteiger partial charge in [0.1, 0.15) is 30.4 Å². The number of nitrogens with zero attached hydrogens (tertiary/aromatic N) is 6. The molecule has 0 spiro atoms. The number of para-hydroxylation sites is 1. The Kier molecular flexibility index (Phi) is 13.5. The number of nitriles is 1. The summed E-state index contributed by atoms with van der Waals surface area (Å²) >= 11 is 1.25. The first-order valence-corrected chi connectivity index (χ1v) is 15.5. The topological polar surface area (TPSA) is 134 Å². The predicted octanol–water partition coefficient (Wildman–Crippen LogP) is 2.85. The predicted molar refractivity (Wildman–Crippen MR) is 177 cm³/mol. The second-order valence-corrected chi connectivity index (χ2v) is 11.9. The number of esters is 1. The van der Waals surface area contributed by atoms with Gasteiger partial charge >= 0.3 is 12.1 Å². The Hall–Kier alpha value is -4.94. The number of hydrogen-bond acceptors (Lipinski definition) is 9. The molecule has 0 aliphatic heterocycles. The van der Waals surface area contributed by atoms with Crippen LogP contribution in [0.2, 0.25) is 0 Å². The number of halogens is 4. The Morgan fingerprint density at radius 2 is 1.86 bits per heavy atom. The van der Waals surface area contributed by atoms with E-state index in [1.807, 2.05) is 0 Å². The summed E-state index contributed by atoms with van der Waals surface area (Å²) in [6.45, 7) is 2.39. The van der Waals surface area contributed by atoms with E-state index >= 15 is 4.39 Å². The molecule has 2 unspecified atom stereocenters. The highest BCUT2D eigenvalue weighted by Gasteiger charge is 2.43. The van der Waals surface area contributed by atoms with Gasteiger partial charge in [-0.1, -0.05) is 37.3 Å². The number of aliphatic hydroxyl groups is 1. The Morgan fingerprint density at radius 3 is 2.56 bits per heavy atom. The van der Waals surface area contributed by atoms with Crippen LogP contribution in [0.3, 0.4) is 0 Å². The Labute approximate surface area is 303 Å². The molecule has 0 saturated carbocycles. The third-order valence-corrected chi connectivity index (χ3v) is 8.77. The minimum absolute atomic E-state index is 0. The van der Waals surface area contributed by atoms with E-state index < -0.39 is 35.2 Å². The average Bonchev–Trinajstić information content (AvgIpc) is 3.77. The summed E-state index contributed by atoms with van der Waals surface area (Å²) in [6, 6.07) is 18.7. The fourth-order valence-electron chi connectivity index (χ4n) is 5.05. The lowest BCUT2D eigenvalue weighted by atomic mass is 9.82. The van der Waals surface area contributed by atoms with Crippen LogP contribution in [0.5, 0.6) is 0 Å². The van der Waals surface area contributed by atoms with E-state index in [0.29, 0.717) is 27.5 Å². The van der Waals surface area contributed by atoms with Crippen molar-refractivity contribution in [2.45, 2.75) is 45.2 Å². The van der Waals surface area contributed by atoms with Crippen LogP contribution in [-0.2, 0) is 39.8 Å². The van der Waals surface area contributed by atoms with Crippen LogP contribution in [0.1, 0.15) is 41.5 Å². The maximum atomic E-state index is 15.2. The van der Waals surface area contributed by atoms with Crippen molar-refractivity contribution in [3.05, 3.63) is 118 Å². The second-order valence-electron chi connectivity index (χ2n) is 11.0. The number of rotatable bonds is 11. The minimum Gasteiger partial charge on any atom is -1.00 e. The van der Waals surface area contributed by atoms with Gasteiger partial charge in [-0.3, -0.25) is 9.69 Å². The fourth-order valence-corrected chi connectivity index (χ4v) is 6.02. The molecule has 262 valence electrons. The summed E-state index contributed by atoms with van der Waals surface area (Å²) < 4.78 is 43.0. The van der Waals surface area contributed by atoms with Gasteiger partial charge in [-0.15, -0.1) is 28.4 Å². The van der Waals surface area contributed by atoms with Crippen molar-refractivity contribution in [3.8, 4) is 17.3 Å². The van der Waals surface area contributed by atoms with E-state index in [9.17, 15) is 19.1 Å². The second kappa shape index (κ2) is 17.1. The van der Waals surface area contributed by atoms with Gasteiger partial charge in [0.25, 0.3) is 6.33 Å². The molecular weight excluding hydrogens is 713 g/mol. The molecule has 2 heterocycles. The normalized spacial score (nSPS) is 12.3. The Morgan fingerprint density at radius 1 is 1.14 bits per heavy atom. The SMILES string of the molecule is CC(=O)OCc1ccccc1N(C)C(=O)OC[n+]1cnn(CC(O)(c2cc(F)ccc2F)C(C)c2nc(-c3ccc(C#N)cc3)cs2)c1.Cl.[Cl-]. The van der Waals surface area contributed by atoms with Gasteiger partial charge in [-0.25, -0.2) is 23.1 Å². The molecule has 0 fully saturated rings. The highest BCUT2D eigenvalue weighted by Crippen LogP contribution is 2.41. The van der Waals surface area contributed by atoms with Crippen molar-refractivity contribution in [2.75, 3.05) is 11.9 Å². The zero-order chi connectivity index (χ0) is 34.4. The van der Waals surface area contributed by atoms with Crippen molar-refractivity contribution in [3.63, 3.8) is 0 Å². The molecule has 1 N–H and O–H groups in total. The van der Waals surface area contributed by atoms with Crippen LogP contribution in [0, 0.1) is 23.0 Å². The number of anilines is 1. The largest absolute Gasteiger partial charge is 1.00 e. The van der Waals surface area contributed by atoms with E-state index in [1.165, 1.54) is 52.1 Å². The quantitative estimate of drug-likeness (QED) is 0.161. The standard InChI is InChI=1S/C34H31F2N6O5S.2ClH/c1-22(32-39-30(17-48-32)25-10-8-24(15-37)9-11-25)34(45,28-14-27(35)12-13-29(28)36)18-42-20-41(19-38-42)21-47-33(44)40(3)31-7-5-4-6-26(31)16-46-23(2)43;;/h4-14,17,19-20,22,45H,16,18,21H2,1-3H3;2*1H/q+1;;/p-1.